The molecule has 1 aromatic rings. The fourth-order valence-electron chi connectivity index (χ4n) is 2.78. The number of benzene rings is 1. The maximum absolute atomic E-state index is 11.9. The van der Waals surface area contributed by atoms with Gasteiger partial charge in [-0.25, -0.2) is 0 Å². The lowest BCUT2D eigenvalue weighted by molar-refractivity contribution is -0.151. The van der Waals surface area contributed by atoms with E-state index in [0.717, 1.165) is 5.56 Å². The van der Waals surface area contributed by atoms with Gasteiger partial charge in [-0.1, -0.05) is 30.3 Å². The standard InChI is InChI=1S/C14H14O4/c1-14-8-11(15)17-12(14)10(13(16)18-14)7-9-5-3-2-4-6-9/h2-6,10,12H,7-8H2,1H3/t10-,12+,14+/m0/s1. The highest BCUT2D eigenvalue weighted by atomic mass is 16.6. The molecule has 2 saturated heterocycles. The van der Waals surface area contributed by atoms with Gasteiger partial charge in [-0.2, -0.15) is 0 Å². The Morgan fingerprint density at radius 3 is 2.72 bits per heavy atom. The maximum atomic E-state index is 11.9. The van der Waals surface area contributed by atoms with Crippen molar-refractivity contribution in [1.29, 1.82) is 0 Å². The Hall–Kier alpha value is -1.84. The quantitative estimate of drug-likeness (QED) is 0.742. The highest BCUT2D eigenvalue weighted by molar-refractivity contribution is 5.83. The second-order valence-electron chi connectivity index (χ2n) is 5.12. The first-order valence-corrected chi connectivity index (χ1v) is 6.05. The molecule has 3 atom stereocenters. The number of ether oxygens (including phenoxy) is 2. The van der Waals surface area contributed by atoms with Crippen molar-refractivity contribution in [3.63, 3.8) is 0 Å². The molecule has 2 aliphatic heterocycles. The Bertz CT molecular complexity index is 496. The summed E-state index contributed by atoms with van der Waals surface area (Å²) < 4.78 is 10.6. The average Bonchev–Trinajstić information content (AvgIpc) is 2.72. The van der Waals surface area contributed by atoms with Crippen molar-refractivity contribution in [1.82, 2.24) is 0 Å². The fourth-order valence-corrected chi connectivity index (χ4v) is 2.78. The van der Waals surface area contributed by atoms with Gasteiger partial charge in [0.15, 0.2) is 11.7 Å². The van der Waals surface area contributed by atoms with Crippen LogP contribution in [0.4, 0.5) is 0 Å². The van der Waals surface area contributed by atoms with Crippen molar-refractivity contribution < 1.29 is 19.1 Å². The van der Waals surface area contributed by atoms with Crippen LogP contribution in [0.1, 0.15) is 18.9 Å². The molecule has 2 heterocycles. The van der Waals surface area contributed by atoms with Gasteiger partial charge in [0.2, 0.25) is 0 Å². The lowest BCUT2D eigenvalue weighted by atomic mass is 9.87. The van der Waals surface area contributed by atoms with Crippen LogP contribution in [0.2, 0.25) is 0 Å². The topological polar surface area (TPSA) is 52.6 Å². The summed E-state index contributed by atoms with van der Waals surface area (Å²) in [6.07, 6.45) is 0.264. The Morgan fingerprint density at radius 1 is 1.28 bits per heavy atom. The third kappa shape index (κ3) is 1.68. The molecule has 0 saturated carbocycles. The summed E-state index contributed by atoms with van der Waals surface area (Å²) in [7, 11) is 0. The van der Waals surface area contributed by atoms with Crippen LogP contribution in [0, 0.1) is 5.92 Å². The molecule has 0 bridgehead atoms. The normalized spacial score (nSPS) is 34.1. The van der Waals surface area contributed by atoms with E-state index in [1.807, 2.05) is 30.3 Å². The van der Waals surface area contributed by atoms with E-state index in [4.69, 9.17) is 9.47 Å². The van der Waals surface area contributed by atoms with Gasteiger partial charge < -0.3 is 9.47 Å². The van der Waals surface area contributed by atoms with E-state index in [1.165, 1.54) is 0 Å². The van der Waals surface area contributed by atoms with E-state index in [1.54, 1.807) is 6.92 Å². The third-order valence-electron chi connectivity index (χ3n) is 3.66. The smallest absolute Gasteiger partial charge is 0.313 e. The largest absolute Gasteiger partial charge is 0.457 e. The summed E-state index contributed by atoms with van der Waals surface area (Å²) in [5, 5.41) is 0. The molecule has 4 nitrogen and oxygen atoms in total. The number of hydrogen-bond acceptors (Lipinski definition) is 4. The molecule has 0 aliphatic carbocycles. The predicted octanol–water partition coefficient (Wildman–Crippen LogP) is 1.48. The predicted molar refractivity (Wildman–Crippen MR) is 62.6 cm³/mol. The minimum atomic E-state index is -0.770. The van der Waals surface area contributed by atoms with E-state index in [-0.39, 0.29) is 24.3 Å². The van der Waals surface area contributed by atoms with Crippen molar-refractivity contribution in [3.05, 3.63) is 35.9 Å². The molecule has 1 aromatic carbocycles. The van der Waals surface area contributed by atoms with Gasteiger partial charge in [0.05, 0.1) is 6.42 Å². The van der Waals surface area contributed by atoms with Crippen LogP contribution in [0.3, 0.4) is 0 Å². The fraction of sp³-hybridized carbons (Fsp3) is 0.429. The Labute approximate surface area is 105 Å². The van der Waals surface area contributed by atoms with Crippen LogP contribution in [-0.4, -0.2) is 23.6 Å². The van der Waals surface area contributed by atoms with Gasteiger partial charge >= 0.3 is 11.9 Å². The van der Waals surface area contributed by atoms with Gasteiger partial charge in [0, 0.05) is 0 Å². The molecule has 2 fully saturated rings. The molecular weight excluding hydrogens is 232 g/mol. The van der Waals surface area contributed by atoms with E-state index in [9.17, 15) is 9.59 Å². The van der Waals surface area contributed by atoms with Gasteiger partial charge in [0.1, 0.15) is 5.92 Å². The molecule has 0 unspecified atom stereocenters. The third-order valence-corrected chi connectivity index (χ3v) is 3.66. The van der Waals surface area contributed by atoms with Crippen molar-refractivity contribution >= 4 is 11.9 Å². The first kappa shape index (κ1) is 11.3. The second-order valence-corrected chi connectivity index (χ2v) is 5.12. The first-order valence-electron chi connectivity index (χ1n) is 6.05. The number of carbonyl (C=O) groups is 2. The van der Waals surface area contributed by atoms with Crippen molar-refractivity contribution in [3.8, 4) is 0 Å². The Morgan fingerprint density at radius 2 is 2.00 bits per heavy atom. The van der Waals surface area contributed by atoms with Gasteiger partial charge in [0.25, 0.3) is 0 Å². The summed E-state index contributed by atoms with van der Waals surface area (Å²) in [5.74, 6) is -0.934. The molecule has 0 N–H and O–H groups in total. The van der Waals surface area contributed by atoms with Crippen LogP contribution in [0.5, 0.6) is 0 Å². The molecule has 0 amide bonds. The SMILES string of the molecule is C[C@@]12CC(=O)O[C@@H]1[C@H](Cc1ccccc1)C(=O)O2. The van der Waals surface area contributed by atoms with Crippen molar-refractivity contribution in [2.45, 2.75) is 31.5 Å². The lowest BCUT2D eigenvalue weighted by Crippen LogP contribution is -2.34. The minimum absolute atomic E-state index is 0.161. The molecule has 4 heteroatoms. The van der Waals surface area contributed by atoms with E-state index < -0.39 is 11.7 Å². The van der Waals surface area contributed by atoms with Gasteiger partial charge in [-0.3, -0.25) is 9.59 Å². The number of rotatable bonds is 2. The highest BCUT2D eigenvalue weighted by Crippen LogP contribution is 2.42. The summed E-state index contributed by atoms with van der Waals surface area (Å²) in [6, 6.07) is 9.69. The number of hydrogen-bond donors (Lipinski definition) is 0. The Kier molecular flexibility index (Phi) is 2.40. The lowest BCUT2D eigenvalue weighted by Gasteiger charge is -2.19. The van der Waals surface area contributed by atoms with Crippen molar-refractivity contribution in [2.75, 3.05) is 0 Å². The molecule has 0 aromatic heterocycles. The number of esters is 2. The van der Waals surface area contributed by atoms with Crippen LogP contribution in [0.15, 0.2) is 30.3 Å². The molecule has 94 valence electrons. The zero-order valence-electron chi connectivity index (χ0n) is 10.1. The molecule has 2 aliphatic rings. The van der Waals surface area contributed by atoms with E-state index in [0.29, 0.717) is 6.42 Å². The highest BCUT2D eigenvalue weighted by Gasteiger charge is 2.60. The minimum Gasteiger partial charge on any atom is -0.457 e. The summed E-state index contributed by atoms with van der Waals surface area (Å²) in [4.78, 5) is 23.2. The summed E-state index contributed by atoms with van der Waals surface area (Å²) in [5.41, 5.74) is 0.278. The second kappa shape index (κ2) is 3.83. The van der Waals surface area contributed by atoms with Crippen LogP contribution < -0.4 is 0 Å². The van der Waals surface area contributed by atoms with E-state index >= 15 is 0 Å². The zero-order valence-corrected chi connectivity index (χ0v) is 10.1. The van der Waals surface area contributed by atoms with Gasteiger partial charge in [-0.15, -0.1) is 0 Å². The number of carbonyl (C=O) groups excluding carboxylic acids is 2. The van der Waals surface area contributed by atoms with Gasteiger partial charge in [-0.05, 0) is 18.9 Å². The summed E-state index contributed by atoms with van der Waals surface area (Å²) >= 11 is 0. The van der Waals surface area contributed by atoms with E-state index in [2.05, 4.69) is 0 Å². The Balaban J connectivity index is 1.84. The molecule has 0 radical (unpaired) electrons. The molecule has 0 spiro atoms. The molecule has 3 rings (SSSR count). The van der Waals surface area contributed by atoms with Crippen LogP contribution >= 0.6 is 0 Å². The van der Waals surface area contributed by atoms with Crippen molar-refractivity contribution in [2.24, 2.45) is 5.92 Å². The van der Waals surface area contributed by atoms with Crippen LogP contribution in [-0.2, 0) is 25.5 Å². The zero-order chi connectivity index (χ0) is 12.8. The molecule has 18 heavy (non-hydrogen) atoms. The number of fused-ring (bicyclic) bond motifs is 1. The maximum Gasteiger partial charge on any atom is 0.313 e. The first-order chi connectivity index (χ1) is 8.58. The summed E-state index contributed by atoms with van der Waals surface area (Å²) in [6.45, 7) is 1.77. The van der Waals surface area contributed by atoms with Crippen LogP contribution in [0.25, 0.3) is 0 Å². The molecular formula is C14H14O4. The average molecular weight is 246 g/mol. The monoisotopic (exact) mass is 246 g/mol.